The maximum Gasteiger partial charge on any atom is 0.273 e. The highest BCUT2D eigenvalue weighted by Gasteiger charge is 2.16. The van der Waals surface area contributed by atoms with Gasteiger partial charge in [0, 0.05) is 24.8 Å². The van der Waals surface area contributed by atoms with Gasteiger partial charge in [-0.2, -0.15) is 0 Å². The number of thiazole rings is 1. The van der Waals surface area contributed by atoms with Crippen molar-refractivity contribution in [3.63, 3.8) is 0 Å². The summed E-state index contributed by atoms with van der Waals surface area (Å²) in [6.07, 6.45) is 2.93. The number of nitrogens with one attached hydrogen (secondary N) is 1. The van der Waals surface area contributed by atoms with E-state index < -0.39 is 10.8 Å². The van der Waals surface area contributed by atoms with E-state index in [2.05, 4.69) is 5.32 Å². The zero-order chi connectivity index (χ0) is 23.4. The van der Waals surface area contributed by atoms with Crippen LogP contribution in [0.25, 0.3) is 12.2 Å². The van der Waals surface area contributed by atoms with Crippen molar-refractivity contribution in [3.8, 4) is 5.75 Å². The number of aromatic nitrogens is 1. The normalized spacial score (nSPS) is 12.3. The molecule has 0 aliphatic heterocycles. The van der Waals surface area contributed by atoms with Gasteiger partial charge in [0.25, 0.3) is 17.2 Å². The van der Waals surface area contributed by atoms with Gasteiger partial charge < -0.3 is 14.6 Å². The maximum absolute atomic E-state index is 12.7. The van der Waals surface area contributed by atoms with E-state index in [1.807, 2.05) is 13.8 Å². The molecule has 166 valence electrons. The van der Waals surface area contributed by atoms with Crippen molar-refractivity contribution in [2.24, 2.45) is 7.05 Å². The number of rotatable bonds is 6. The van der Waals surface area contributed by atoms with Crippen LogP contribution in [0.3, 0.4) is 0 Å². The van der Waals surface area contributed by atoms with Crippen molar-refractivity contribution in [1.29, 1.82) is 0 Å². The number of anilines is 1. The van der Waals surface area contributed by atoms with Gasteiger partial charge in [-0.1, -0.05) is 38.1 Å². The number of amides is 1. The highest BCUT2D eigenvalue weighted by molar-refractivity contribution is 7.07. The summed E-state index contributed by atoms with van der Waals surface area (Å²) in [4.78, 5) is 36.2. The molecule has 1 amide bonds. The average molecular weight is 454 g/mol. The summed E-state index contributed by atoms with van der Waals surface area (Å²) in [6, 6.07) is 11.9. The van der Waals surface area contributed by atoms with Gasteiger partial charge in [0.05, 0.1) is 22.3 Å². The fourth-order valence-corrected chi connectivity index (χ4v) is 4.22. The monoisotopic (exact) mass is 453 g/mol. The van der Waals surface area contributed by atoms with Crippen LogP contribution in [-0.4, -0.2) is 22.5 Å². The molecule has 0 radical (unpaired) electrons. The molecule has 2 aromatic carbocycles. The van der Waals surface area contributed by atoms with Gasteiger partial charge in [-0.3, -0.25) is 19.7 Å². The first-order valence-electron chi connectivity index (χ1n) is 9.83. The molecule has 3 rings (SSSR count). The molecule has 0 saturated carbocycles. The largest absolute Gasteiger partial charge is 0.495 e. The van der Waals surface area contributed by atoms with E-state index in [9.17, 15) is 19.7 Å². The fourth-order valence-electron chi connectivity index (χ4n) is 3.18. The first-order valence-corrected chi connectivity index (χ1v) is 10.6. The first kappa shape index (κ1) is 23.0. The fraction of sp³-hybridized carbons (Fsp3) is 0.217. The van der Waals surface area contributed by atoms with Crippen molar-refractivity contribution in [1.82, 2.24) is 4.57 Å². The van der Waals surface area contributed by atoms with Crippen LogP contribution in [0, 0.1) is 10.1 Å². The third kappa shape index (κ3) is 4.94. The SMILES string of the molecule is COc1ccccc1NC(=O)/C=c1\s/c(=C\c2ccc(C(C)C)c([N+](=O)[O-])c2)c(=O)n1C. The predicted molar refractivity (Wildman–Crippen MR) is 126 cm³/mol. The molecule has 0 saturated heterocycles. The third-order valence-corrected chi connectivity index (χ3v) is 5.96. The molecule has 1 heterocycles. The van der Waals surface area contributed by atoms with Crippen molar-refractivity contribution in [2.75, 3.05) is 12.4 Å². The highest BCUT2D eigenvalue weighted by Crippen LogP contribution is 2.27. The second-order valence-electron chi connectivity index (χ2n) is 7.38. The van der Waals surface area contributed by atoms with Crippen molar-refractivity contribution >= 4 is 40.8 Å². The quantitative estimate of drug-likeness (QED) is 0.457. The number of ether oxygens (including phenoxy) is 1. The number of nitrogens with zero attached hydrogens (tertiary/aromatic N) is 2. The summed E-state index contributed by atoms with van der Waals surface area (Å²) in [5.74, 6) is 0.117. The second kappa shape index (κ2) is 9.61. The van der Waals surface area contributed by atoms with Crippen molar-refractivity contribution < 1.29 is 14.5 Å². The van der Waals surface area contributed by atoms with Crippen LogP contribution in [0.2, 0.25) is 0 Å². The Kier molecular flexibility index (Phi) is 6.89. The molecule has 8 nitrogen and oxygen atoms in total. The van der Waals surface area contributed by atoms with E-state index in [-0.39, 0.29) is 17.2 Å². The molecule has 0 fully saturated rings. The van der Waals surface area contributed by atoms with Gasteiger partial charge in [-0.15, -0.1) is 11.3 Å². The Hall–Kier alpha value is -3.72. The van der Waals surface area contributed by atoms with Gasteiger partial charge in [0.15, 0.2) is 0 Å². The van der Waals surface area contributed by atoms with E-state index >= 15 is 0 Å². The predicted octanol–water partition coefficient (Wildman–Crippen LogP) is 2.74. The molecule has 0 spiro atoms. The topological polar surface area (TPSA) is 103 Å². The van der Waals surface area contributed by atoms with Crippen LogP contribution in [0.5, 0.6) is 5.75 Å². The Labute approximate surface area is 188 Å². The third-order valence-electron chi connectivity index (χ3n) is 4.85. The Balaban J connectivity index is 1.99. The molecule has 0 aliphatic rings. The zero-order valence-corrected chi connectivity index (χ0v) is 18.9. The lowest BCUT2D eigenvalue weighted by Crippen LogP contribution is -2.29. The summed E-state index contributed by atoms with van der Waals surface area (Å²) >= 11 is 1.13. The maximum atomic E-state index is 12.7. The summed E-state index contributed by atoms with van der Waals surface area (Å²) in [5, 5.41) is 14.2. The van der Waals surface area contributed by atoms with Crippen LogP contribution < -0.4 is 24.8 Å². The van der Waals surface area contributed by atoms with Crippen LogP contribution >= 0.6 is 11.3 Å². The number of para-hydroxylation sites is 2. The molecular weight excluding hydrogens is 430 g/mol. The minimum absolute atomic E-state index is 0.00186. The molecule has 0 aliphatic carbocycles. The lowest BCUT2D eigenvalue weighted by atomic mass is 9.99. The standard InChI is InChI=1S/C23H23N3O5S/c1-14(2)16-10-9-15(11-18(16)26(29)30)12-20-23(28)25(3)22(32-20)13-21(27)24-17-7-5-6-8-19(17)31-4/h5-14H,1-4H3,(H,24,27)/b20-12-,22-13-. The summed E-state index contributed by atoms with van der Waals surface area (Å²) < 4.78 is 7.41. The first-order chi connectivity index (χ1) is 15.2. The number of benzene rings is 2. The Morgan fingerprint density at radius 3 is 2.62 bits per heavy atom. The lowest BCUT2D eigenvalue weighted by molar-refractivity contribution is -0.385. The molecule has 3 aromatic rings. The average Bonchev–Trinajstić information content (AvgIpc) is 3.01. The smallest absolute Gasteiger partial charge is 0.273 e. The molecule has 0 unspecified atom stereocenters. The summed E-state index contributed by atoms with van der Waals surface area (Å²) in [5.41, 5.74) is 1.42. The van der Waals surface area contributed by atoms with E-state index in [1.54, 1.807) is 49.5 Å². The Morgan fingerprint density at radius 2 is 1.97 bits per heavy atom. The Bertz CT molecular complexity index is 1350. The number of nitro groups is 1. The minimum atomic E-state index is -0.416. The summed E-state index contributed by atoms with van der Waals surface area (Å²) in [6.45, 7) is 3.78. The van der Waals surface area contributed by atoms with E-state index in [1.165, 1.54) is 23.8 Å². The highest BCUT2D eigenvalue weighted by atomic mass is 32.1. The van der Waals surface area contributed by atoms with Crippen LogP contribution in [0.15, 0.2) is 47.3 Å². The number of hydrogen-bond acceptors (Lipinski definition) is 6. The number of nitro benzene ring substituents is 1. The Morgan fingerprint density at radius 1 is 1.25 bits per heavy atom. The van der Waals surface area contributed by atoms with Crippen LogP contribution in [0.1, 0.15) is 30.9 Å². The molecule has 32 heavy (non-hydrogen) atoms. The van der Waals surface area contributed by atoms with Crippen LogP contribution in [-0.2, 0) is 11.8 Å². The van der Waals surface area contributed by atoms with E-state index in [0.717, 1.165) is 11.3 Å². The van der Waals surface area contributed by atoms with Gasteiger partial charge in [0.1, 0.15) is 10.4 Å². The summed E-state index contributed by atoms with van der Waals surface area (Å²) in [7, 11) is 3.08. The van der Waals surface area contributed by atoms with Crippen LogP contribution in [0.4, 0.5) is 11.4 Å². The number of methoxy groups -OCH3 is 1. The molecule has 9 heteroatoms. The van der Waals surface area contributed by atoms with Crippen molar-refractivity contribution in [2.45, 2.75) is 19.8 Å². The molecule has 0 atom stereocenters. The van der Waals surface area contributed by atoms with Gasteiger partial charge in [-0.05, 0) is 29.7 Å². The minimum Gasteiger partial charge on any atom is -0.495 e. The van der Waals surface area contributed by atoms with E-state index in [4.69, 9.17) is 4.74 Å². The van der Waals surface area contributed by atoms with E-state index in [0.29, 0.717) is 31.8 Å². The number of carbonyl (C=O) groups is 1. The van der Waals surface area contributed by atoms with Gasteiger partial charge in [-0.25, -0.2) is 0 Å². The zero-order valence-electron chi connectivity index (χ0n) is 18.1. The molecule has 0 bridgehead atoms. The molecule has 1 aromatic heterocycles. The number of hydrogen-bond donors (Lipinski definition) is 1. The number of carbonyl (C=O) groups excluding carboxylic acids is 1. The molecule has 1 N–H and O–H groups in total. The van der Waals surface area contributed by atoms with Crippen molar-refractivity contribution in [3.05, 3.63) is 83.3 Å². The second-order valence-corrected chi connectivity index (χ2v) is 8.44. The van der Waals surface area contributed by atoms with Gasteiger partial charge in [0.2, 0.25) is 0 Å². The van der Waals surface area contributed by atoms with Gasteiger partial charge >= 0.3 is 0 Å². The lowest BCUT2D eigenvalue weighted by Gasteiger charge is -2.07. The molecular formula is C23H23N3O5S.